The van der Waals surface area contributed by atoms with Gasteiger partial charge in [0.25, 0.3) is 0 Å². The summed E-state index contributed by atoms with van der Waals surface area (Å²) in [5.41, 5.74) is 6.87. The quantitative estimate of drug-likeness (QED) is 0.0238. The molecular weight excluding hydrogens is 1270 g/mol. The number of carbonyl (C=O) groups excluding carboxylic acids is 5. The van der Waals surface area contributed by atoms with Crippen LogP contribution in [0.4, 0.5) is 17.1 Å². The Morgan fingerprint density at radius 3 is 1.49 bits per heavy atom. The molecule has 2 aliphatic rings. The van der Waals surface area contributed by atoms with Gasteiger partial charge in [-0.25, -0.2) is 14.4 Å². The number of hydrogen-bond donors (Lipinski definition) is 3. The van der Waals surface area contributed by atoms with Crippen LogP contribution in [0.1, 0.15) is 171 Å². The van der Waals surface area contributed by atoms with E-state index in [1.165, 1.54) is 49.7 Å². The number of ether oxygens (including phenoxy) is 5. The maximum atomic E-state index is 13.6. The fraction of sp³-hybridized carbons (Fsp3) is 0.458. The van der Waals surface area contributed by atoms with Crippen LogP contribution in [0.5, 0.6) is 17.2 Å². The van der Waals surface area contributed by atoms with Gasteiger partial charge in [0.05, 0.1) is 71.0 Å². The van der Waals surface area contributed by atoms with E-state index >= 15 is 0 Å². The number of aromatic nitrogens is 3. The third kappa shape index (κ3) is 29.8. The summed E-state index contributed by atoms with van der Waals surface area (Å²) in [5.74, 6) is 20.2. The van der Waals surface area contributed by atoms with Gasteiger partial charge >= 0.3 is 17.9 Å². The van der Waals surface area contributed by atoms with Crippen LogP contribution in [0, 0.1) is 75.4 Å². The number of rotatable bonds is 18. The van der Waals surface area contributed by atoms with Gasteiger partial charge in [0.2, 0.25) is 11.1 Å². The summed E-state index contributed by atoms with van der Waals surface area (Å²) in [7, 11) is 2.71. The summed E-state index contributed by atoms with van der Waals surface area (Å²) in [6.07, 6.45) is 18.5. The topological polar surface area (TPSA) is 249 Å². The molecule has 0 spiro atoms. The molecule has 0 radical (unpaired) electrons. The van der Waals surface area contributed by atoms with Gasteiger partial charge in [-0.15, -0.1) is 34.0 Å². The van der Waals surface area contributed by atoms with E-state index in [9.17, 15) is 33.9 Å². The first-order valence-corrected chi connectivity index (χ1v) is 33.7. The van der Waals surface area contributed by atoms with Crippen molar-refractivity contribution in [3.63, 3.8) is 0 Å². The van der Waals surface area contributed by atoms with Crippen molar-refractivity contribution in [3.8, 4) is 52.8 Å². The van der Waals surface area contributed by atoms with Crippen molar-refractivity contribution in [2.75, 3.05) is 63.1 Å². The van der Waals surface area contributed by atoms with Crippen molar-refractivity contribution in [2.45, 2.75) is 128 Å². The largest absolute Gasteiger partial charge is 0.490 e. The van der Waals surface area contributed by atoms with Crippen LogP contribution in [0.25, 0.3) is 0 Å². The number of hydrogen-bond acceptors (Lipinski definition) is 19. The van der Waals surface area contributed by atoms with E-state index in [1.54, 1.807) is 78.5 Å². The Hall–Kier alpha value is -8.26. The fourth-order valence-corrected chi connectivity index (χ4v) is 11.5. The number of carbonyl (C=O) groups is 6. The number of thiophene rings is 3. The first-order chi connectivity index (χ1) is 44.5. The lowest BCUT2D eigenvalue weighted by molar-refractivity contribution is -0.123. The van der Waals surface area contributed by atoms with Gasteiger partial charge in [-0.3, -0.25) is 29.3 Å². The van der Waals surface area contributed by atoms with E-state index < -0.39 is 11.9 Å². The Kier molecular flexibility index (Phi) is 32.8. The normalized spacial score (nSPS) is 15.5. The van der Waals surface area contributed by atoms with Crippen LogP contribution in [-0.4, -0.2) is 103 Å². The number of nitrogens with one attached hydrogen (secondary N) is 1. The molecule has 4 N–H and O–H groups in total. The Bertz CT molecular complexity index is 3560. The number of nitrogens with zero attached hydrogens (tertiary/aromatic N) is 4. The molecule has 0 aliphatic heterocycles. The molecule has 0 saturated heterocycles. The van der Waals surface area contributed by atoms with E-state index in [0.717, 1.165) is 65.5 Å². The lowest BCUT2D eigenvalue weighted by Crippen LogP contribution is -2.40. The van der Waals surface area contributed by atoms with Gasteiger partial charge in [0.15, 0.2) is 6.29 Å². The highest BCUT2D eigenvalue weighted by atomic mass is 35.5. The number of esters is 2. The number of methoxy groups -OCH3 is 2. The Morgan fingerprint density at radius 1 is 0.628 bits per heavy atom. The molecule has 2 fully saturated rings. The summed E-state index contributed by atoms with van der Waals surface area (Å²) in [4.78, 5) is 86.2. The molecule has 1 amide bonds. The van der Waals surface area contributed by atoms with Crippen LogP contribution in [0.3, 0.4) is 0 Å². The van der Waals surface area contributed by atoms with Gasteiger partial charge in [0, 0.05) is 53.2 Å². The molecule has 2 saturated carbocycles. The molecule has 0 aromatic carbocycles. The molecule has 504 valence electrons. The van der Waals surface area contributed by atoms with Crippen molar-refractivity contribution < 1.29 is 57.6 Å². The van der Waals surface area contributed by atoms with Crippen molar-refractivity contribution in [3.05, 3.63) is 121 Å². The second-order valence-electron chi connectivity index (χ2n) is 25.2. The minimum atomic E-state index is -1.05. The number of halogens is 1. The Balaban J connectivity index is 0.000000270. The summed E-state index contributed by atoms with van der Waals surface area (Å²) in [6.45, 7) is 24.2. The van der Waals surface area contributed by atoms with E-state index in [2.05, 4.69) is 74.4 Å². The maximum absolute atomic E-state index is 13.6. The van der Waals surface area contributed by atoms with Crippen molar-refractivity contribution in [2.24, 2.45) is 39.9 Å². The van der Waals surface area contributed by atoms with Crippen molar-refractivity contribution in [1.29, 1.82) is 0 Å². The molecule has 8 rings (SSSR count). The number of anilines is 3. The monoisotopic (exact) mass is 1360 g/mol. The summed E-state index contributed by atoms with van der Waals surface area (Å²) in [5, 5.41) is 13.0. The van der Waals surface area contributed by atoms with Gasteiger partial charge in [-0.2, -0.15) is 0 Å². The highest BCUT2D eigenvalue weighted by molar-refractivity contribution is 7.15. The number of nitrogens with two attached hydrogens (primary N) is 1. The number of carboxylic acids is 1. The number of aldehydes is 1. The van der Waals surface area contributed by atoms with Crippen molar-refractivity contribution in [1.82, 2.24) is 15.0 Å². The van der Waals surface area contributed by atoms with Gasteiger partial charge < -0.3 is 44.7 Å². The highest BCUT2D eigenvalue weighted by Gasteiger charge is 2.32. The van der Waals surface area contributed by atoms with Crippen molar-refractivity contribution >= 4 is 98.0 Å². The van der Waals surface area contributed by atoms with Gasteiger partial charge in [0.1, 0.15) is 51.7 Å². The SMILES string of the molecule is CC1CCC(C(=O)Cl)CC1.CC1CCC(C(=O)N(CCOc2cccnc2)c2cc(C#CC(C)(C)C)sc2C(=O)O)CC1.COC(=O)c1sc(C#CC(C)(C)C)cc1N.COC(=O)c1sc(C#CC(C)(C)C)cc1NCCOc1cccnc1.O=CCOc1cccnc1. The molecule has 2 aliphatic carbocycles. The molecule has 0 atom stereocenters. The van der Waals surface area contributed by atoms with E-state index in [-0.39, 0.29) is 69.8 Å². The molecular formula is C72H89ClN6O12S3. The molecule has 22 heteroatoms. The number of amides is 1. The molecule has 0 unspecified atom stereocenters. The lowest BCUT2D eigenvalue weighted by atomic mass is 9.82. The molecule has 18 nitrogen and oxygen atoms in total. The zero-order chi connectivity index (χ0) is 69.4. The minimum absolute atomic E-state index is 0.0349. The van der Waals surface area contributed by atoms with Gasteiger partial charge in [-0.1, -0.05) is 49.4 Å². The molecule has 6 aromatic heterocycles. The maximum Gasteiger partial charge on any atom is 0.350 e. The van der Waals surface area contributed by atoms with E-state index in [1.807, 2.05) is 80.5 Å². The zero-order valence-corrected chi connectivity index (χ0v) is 59.4. The Labute approximate surface area is 571 Å². The first-order valence-electron chi connectivity index (χ1n) is 30.9. The predicted octanol–water partition coefficient (Wildman–Crippen LogP) is 15.0. The average molecular weight is 1360 g/mol. The predicted molar refractivity (Wildman–Crippen MR) is 375 cm³/mol. The summed E-state index contributed by atoms with van der Waals surface area (Å²) < 4.78 is 25.8. The zero-order valence-electron chi connectivity index (χ0n) is 56.1. The minimum Gasteiger partial charge on any atom is -0.490 e. The number of aromatic carboxylic acids is 1. The number of carboxylic acid groups (broad SMARTS) is 1. The Morgan fingerprint density at radius 2 is 1.05 bits per heavy atom. The fourth-order valence-electron chi connectivity index (χ4n) is 8.69. The third-order valence-electron chi connectivity index (χ3n) is 13.6. The smallest absolute Gasteiger partial charge is 0.350 e. The standard InChI is InChI=1S/C26H32N2O4S.C19H22N2O3S.C12H15NO2S.C8H13ClO.C7H7NO2/c1-18-7-9-19(10-8-18)24(29)28(14-15-32-20-6-5-13-27-17-20)22-16-21(11-12-26(2,3)4)33-23(22)25(30)31;1-19(2,3)8-7-15-12-16(17(25-15)18(22)23-4)21-10-11-24-14-6-5-9-20-13-14;1-12(2,3)6-5-8-7-9(13)10(16-8)11(14)15-4;1-6-2-4-7(5-3-6)8(9)10;9-4-5-10-7-2-1-3-8-6-7/h5-6,13,16-19H,7-10,14-15H2,1-4H3,(H,30,31);5-6,9,12-13,21H,10-11H2,1-4H3;7H,13H2,1-4H3;6-7H,2-5H2,1H3;1-4,6H,5H2. The second kappa shape index (κ2) is 39.4. The first kappa shape index (κ1) is 78.2. The van der Waals surface area contributed by atoms with Crippen LogP contribution in [0.2, 0.25) is 0 Å². The summed E-state index contributed by atoms with van der Waals surface area (Å²) in [6, 6.07) is 16.1. The lowest BCUT2D eigenvalue weighted by Gasteiger charge is -2.31. The van der Waals surface area contributed by atoms with Crippen LogP contribution < -0.4 is 30.2 Å². The van der Waals surface area contributed by atoms with Crippen LogP contribution in [-0.2, 0) is 23.9 Å². The average Bonchev–Trinajstić information content (AvgIpc) is 1.63. The van der Waals surface area contributed by atoms with Crippen LogP contribution >= 0.6 is 45.6 Å². The number of pyridine rings is 3. The molecule has 6 aromatic rings. The second-order valence-corrected chi connectivity index (χ2v) is 28.8. The van der Waals surface area contributed by atoms with E-state index in [0.29, 0.717) is 74.3 Å². The summed E-state index contributed by atoms with van der Waals surface area (Å²) >= 11 is 9.06. The number of nitrogen functional groups attached to an aromatic ring is 1. The van der Waals surface area contributed by atoms with Crippen LogP contribution in [0.15, 0.2) is 91.8 Å². The molecule has 6 heterocycles. The van der Waals surface area contributed by atoms with E-state index in [4.69, 9.17) is 36.3 Å². The molecule has 94 heavy (non-hydrogen) atoms. The molecule has 0 bridgehead atoms. The third-order valence-corrected chi connectivity index (χ3v) is 17.0. The highest BCUT2D eigenvalue weighted by Crippen LogP contribution is 2.36. The van der Waals surface area contributed by atoms with Gasteiger partial charge in [-0.05, 0) is 192 Å².